The fraction of sp³-hybridized carbons (Fsp3) is 0.182. The summed E-state index contributed by atoms with van der Waals surface area (Å²) in [6.07, 6.45) is 0.820. The highest BCUT2D eigenvalue weighted by Crippen LogP contribution is 2.28. The SMILES string of the molecule is CCc1c(-c2ccc(Br)cc2)noc1N. The molecule has 2 N–H and O–H groups in total. The zero-order chi connectivity index (χ0) is 10.8. The molecule has 0 fully saturated rings. The van der Waals surface area contributed by atoms with Crippen molar-refractivity contribution in [3.8, 4) is 11.3 Å². The first-order valence-corrected chi connectivity index (χ1v) is 5.51. The molecular weight excluding hydrogens is 256 g/mol. The summed E-state index contributed by atoms with van der Waals surface area (Å²) < 4.78 is 6.03. The average Bonchev–Trinajstić information content (AvgIpc) is 2.61. The van der Waals surface area contributed by atoms with Crippen molar-refractivity contribution < 1.29 is 4.52 Å². The van der Waals surface area contributed by atoms with Crippen molar-refractivity contribution in [2.75, 3.05) is 5.73 Å². The van der Waals surface area contributed by atoms with E-state index in [-0.39, 0.29) is 0 Å². The van der Waals surface area contributed by atoms with Gasteiger partial charge in [0.05, 0.1) is 0 Å². The molecule has 1 aromatic heterocycles. The van der Waals surface area contributed by atoms with Crippen LogP contribution in [0.5, 0.6) is 0 Å². The predicted octanol–water partition coefficient (Wildman–Crippen LogP) is 3.25. The highest BCUT2D eigenvalue weighted by Gasteiger charge is 2.12. The Balaban J connectivity index is 2.49. The lowest BCUT2D eigenvalue weighted by molar-refractivity contribution is 0.438. The largest absolute Gasteiger partial charge is 0.367 e. The lowest BCUT2D eigenvalue weighted by atomic mass is 10.1. The number of rotatable bonds is 2. The molecule has 1 heterocycles. The minimum absolute atomic E-state index is 0.412. The van der Waals surface area contributed by atoms with Gasteiger partial charge in [0.25, 0.3) is 0 Å². The first-order chi connectivity index (χ1) is 7.22. The number of hydrogen-bond donors (Lipinski definition) is 1. The summed E-state index contributed by atoms with van der Waals surface area (Å²) in [5, 5.41) is 3.97. The maximum Gasteiger partial charge on any atom is 0.225 e. The normalized spacial score (nSPS) is 10.5. The van der Waals surface area contributed by atoms with Gasteiger partial charge in [-0.3, -0.25) is 0 Å². The summed E-state index contributed by atoms with van der Waals surface area (Å²) in [4.78, 5) is 0. The van der Waals surface area contributed by atoms with E-state index in [4.69, 9.17) is 10.3 Å². The first-order valence-electron chi connectivity index (χ1n) is 4.72. The van der Waals surface area contributed by atoms with Crippen LogP contribution in [-0.2, 0) is 6.42 Å². The fourth-order valence-corrected chi connectivity index (χ4v) is 1.76. The molecule has 0 unspecified atom stereocenters. The average molecular weight is 267 g/mol. The lowest BCUT2D eigenvalue weighted by Gasteiger charge is -1.99. The maximum atomic E-state index is 5.68. The van der Waals surface area contributed by atoms with E-state index in [1.807, 2.05) is 31.2 Å². The highest BCUT2D eigenvalue weighted by atomic mass is 79.9. The third-order valence-electron chi connectivity index (χ3n) is 2.29. The monoisotopic (exact) mass is 266 g/mol. The molecule has 0 amide bonds. The van der Waals surface area contributed by atoms with Crippen molar-refractivity contribution in [3.05, 3.63) is 34.3 Å². The Morgan fingerprint density at radius 3 is 2.60 bits per heavy atom. The second-order valence-electron chi connectivity index (χ2n) is 3.23. The van der Waals surface area contributed by atoms with Crippen LogP contribution in [0.1, 0.15) is 12.5 Å². The van der Waals surface area contributed by atoms with Crippen molar-refractivity contribution in [1.82, 2.24) is 5.16 Å². The van der Waals surface area contributed by atoms with E-state index in [1.54, 1.807) is 0 Å². The van der Waals surface area contributed by atoms with Gasteiger partial charge in [0.2, 0.25) is 5.88 Å². The van der Waals surface area contributed by atoms with Gasteiger partial charge in [0, 0.05) is 15.6 Å². The fourth-order valence-electron chi connectivity index (χ4n) is 1.50. The number of nitrogen functional groups attached to an aromatic ring is 1. The third-order valence-corrected chi connectivity index (χ3v) is 2.82. The van der Waals surface area contributed by atoms with E-state index in [2.05, 4.69) is 21.1 Å². The minimum atomic E-state index is 0.412. The van der Waals surface area contributed by atoms with Gasteiger partial charge in [-0.2, -0.15) is 0 Å². The first kappa shape index (κ1) is 10.2. The lowest BCUT2D eigenvalue weighted by Crippen LogP contribution is -1.89. The van der Waals surface area contributed by atoms with Crippen molar-refractivity contribution in [1.29, 1.82) is 0 Å². The molecule has 0 saturated carbocycles. The van der Waals surface area contributed by atoms with Gasteiger partial charge in [-0.15, -0.1) is 0 Å². The van der Waals surface area contributed by atoms with Crippen LogP contribution in [0.15, 0.2) is 33.3 Å². The van der Waals surface area contributed by atoms with Crippen LogP contribution < -0.4 is 5.73 Å². The molecule has 2 aromatic rings. The zero-order valence-corrected chi connectivity index (χ0v) is 9.91. The number of anilines is 1. The van der Waals surface area contributed by atoms with Gasteiger partial charge in [-0.05, 0) is 18.6 Å². The Hall–Kier alpha value is -1.29. The number of nitrogens with zero attached hydrogens (tertiary/aromatic N) is 1. The van der Waals surface area contributed by atoms with Gasteiger partial charge in [0.1, 0.15) is 5.69 Å². The van der Waals surface area contributed by atoms with E-state index in [0.29, 0.717) is 5.88 Å². The van der Waals surface area contributed by atoms with Crippen LogP contribution in [0.2, 0.25) is 0 Å². The predicted molar refractivity (Wildman–Crippen MR) is 63.4 cm³/mol. The van der Waals surface area contributed by atoms with Gasteiger partial charge < -0.3 is 10.3 Å². The Labute approximate surface area is 96.4 Å². The summed E-state index contributed by atoms with van der Waals surface area (Å²) in [6, 6.07) is 7.92. The number of aromatic nitrogens is 1. The van der Waals surface area contributed by atoms with Gasteiger partial charge >= 0.3 is 0 Å². The molecule has 0 atom stereocenters. The van der Waals surface area contributed by atoms with Gasteiger partial charge in [-0.1, -0.05) is 40.1 Å². The molecule has 2 rings (SSSR count). The molecule has 0 aliphatic rings. The third kappa shape index (κ3) is 1.90. The molecule has 3 nitrogen and oxygen atoms in total. The molecule has 78 valence electrons. The highest BCUT2D eigenvalue weighted by molar-refractivity contribution is 9.10. The second kappa shape index (κ2) is 4.06. The van der Waals surface area contributed by atoms with Crippen molar-refractivity contribution in [2.45, 2.75) is 13.3 Å². The smallest absolute Gasteiger partial charge is 0.225 e. The molecular formula is C11H11BrN2O. The zero-order valence-electron chi connectivity index (χ0n) is 8.33. The molecule has 0 saturated heterocycles. The van der Waals surface area contributed by atoms with Crippen LogP contribution in [0.3, 0.4) is 0 Å². The molecule has 4 heteroatoms. The van der Waals surface area contributed by atoms with Crippen LogP contribution >= 0.6 is 15.9 Å². The molecule has 0 spiro atoms. The second-order valence-corrected chi connectivity index (χ2v) is 4.15. The molecule has 0 radical (unpaired) electrons. The summed E-state index contributed by atoms with van der Waals surface area (Å²) in [7, 11) is 0. The van der Waals surface area contributed by atoms with Crippen molar-refractivity contribution >= 4 is 21.8 Å². The van der Waals surface area contributed by atoms with Crippen LogP contribution in [0, 0.1) is 0 Å². The Morgan fingerprint density at radius 2 is 2.00 bits per heavy atom. The summed E-state index contributed by atoms with van der Waals surface area (Å²) in [5.74, 6) is 0.412. The summed E-state index contributed by atoms with van der Waals surface area (Å²) in [6.45, 7) is 2.03. The van der Waals surface area contributed by atoms with E-state index >= 15 is 0 Å². The van der Waals surface area contributed by atoms with E-state index < -0.39 is 0 Å². The van der Waals surface area contributed by atoms with E-state index in [0.717, 1.165) is 27.7 Å². The van der Waals surface area contributed by atoms with Gasteiger partial charge in [-0.25, -0.2) is 0 Å². The molecule has 0 aliphatic carbocycles. The molecule has 0 bridgehead atoms. The van der Waals surface area contributed by atoms with Gasteiger partial charge in [0.15, 0.2) is 0 Å². The van der Waals surface area contributed by atoms with Crippen LogP contribution in [-0.4, -0.2) is 5.16 Å². The van der Waals surface area contributed by atoms with E-state index in [9.17, 15) is 0 Å². The van der Waals surface area contributed by atoms with E-state index in [1.165, 1.54) is 0 Å². The molecule has 15 heavy (non-hydrogen) atoms. The van der Waals surface area contributed by atoms with Crippen LogP contribution in [0.25, 0.3) is 11.3 Å². The number of benzene rings is 1. The number of halogens is 1. The van der Waals surface area contributed by atoms with Crippen LogP contribution in [0.4, 0.5) is 5.88 Å². The Morgan fingerprint density at radius 1 is 1.33 bits per heavy atom. The minimum Gasteiger partial charge on any atom is -0.367 e. The van der Waals surface area contributed by atoms with Crippen molar-refractivity contribution in [2.24, 2.45) is 0 Å². The number of nitrogens with two attached hydrogens (primary N) is 1. The standard InChI is InChI=1S/C11H11BrN2O/c1-2-9-10(14-15-11(9)13)7-3-5-8(12)6-4-7/h3-6H,2,13H2,1H3. The Bertz CT molecular complexity index is 462. The quantitative estimate of drug-likeness (QED) is 0.908. The topological polar surface area (TPSA) is 52.0 Å². The Kier molecular flexibility index (Phi) is 2.77. The molecule has 1 aromatic carbocycles. The number of hydrogen-bond acceptors (Lipinski definition) is 3. The summed E-state index contributed by atoms with van der Waals surface area (Å²) >= 11 is 3.39. The summed E-state index contributed by atoms with van der Waals surface area (Å²) in [5.41, 5.74) is 8.51. The van der Waals surface area contributed by atoms with Crippen molar-refractivity contribution in [3.63, 3.8) is 0 Å². The molecule has 0 aliphatic heterocycles. The maximum absolute atomic E-state index is 5.68.